The maximum absolute atomic E-state index is 10.8. The van der Waals surface area contributed by atoms with E-state index < -0.39 is 11.8 Å². The third-order valence-corrected chi connectivity index (χ3v) is 0.619. The van der Waals surface area contributed by atoms with Gasteiger partial charge in [0.25, 0.3) is 0 Å². The van der Waals surface area contributed by atoms with E-state index in [1.54, 1.807) is 0 Å². The summed E-state index contributed by atoms with van der Waals surface area (Å²) in [6.07, 6.45) is -0.0250. The molecule has 0 aromatic rings. The second-order valence-corrected chi connectivity index (χ2v) is 1.14. The molecule has 0 aliphatic rings. The third kappa shape index (κ3) is 1.68. The van der Waals surface area contributed by atoms with Crippen molar-refractivity contribution in [3.63, 3.8) is 0 Å². The van der Waals surface area contributed by atoms with Crippen LogP contribution in [0.25, 0.3) is 0 Å². The van der Waals surface area contributed by atoms with Gasteiger partial charge >= 0.3 is 5.97 Å². The van der Waals surface area contributed by atoms with Gasteiger partial charge in [-0.15, -0.1) is 0 Å². The third-order valence-electron chi connectivity index (χ3n) is 0.619. The lowest BCUT2D eigenvalue weighted by molar-refractivity contribution is -0.185. The van der Waals surface area contributed by atoms with Gasteiger partial charge in [0.05, 0.1) is 0 Å². The molecule has 0 amide bonds. The van der Waals surface area contributed by atoms with Crippen LogP contribution in [-0.4, -0.2) is 11.8 Å². The topological polar surface area (TPSA) is 43.4 Å². The average Bonchev–Trinajstić information content (AvgIpc) is 1.84. The molecular formula is C4H5FO3. The van der Waals surface area contributed by atoms with Gasteiger partial charge in [0.15, 0.2) is 0 Å². The second kappa shape index (κ2) is 3.12. The monoisotopic (exact) mass is 120 g/mol. The minimum absolute atomic E-state index is 0.0250. The van der Waals surface area contributed by atoms with E-state index in [0.29, 0.717) is 0 Å². The van der Waals surface area contributed by atoms with Gasteiger partial charge in [0, 0.05) is 10.9 Å². The first-order chi connectivity index (χ1) is 3.72. The highest BCUT2D eigenvalue weighted by Crippen LogP contribution is 1.84. The number of halogens is 1. The zero-order valence-corrected chi connectivity index (χ0v) is 4.31. The van der Waals surface area contributed by atoms with Crippen molar-refractivity contribution >= 4 is 11.8 Å². The highest BCUT2D eigenvalue weighted by atomic mass is 19.3. The minimum Gasteiger partial charge on any atom is -0.287 e. The summed E-state index contributed by atoms with van der Waals surface area (Å²) in [5.74, 6) is -2.28. The van der Waals surface area contributed by atoms with E-state index in [2.05, 4.69) is 4.94 Å². The van der Waals surface area contributed by atoms with E-state index in [1.165, 1.54) is 6.92 Å². The van der Waals surface area contributed by atoms with Crippen LogP contribution in [0.15, 0.2) is 0 Å². The molecule has 0 bridgehead atoms. The van der Waals surface area contributed by atoms with Crippen LogP contribution in [0.1, 0.15) is 13.3 Å². The van der Waals surface area contributed by atoms with Crippen LogP contribution >= 0.6 is 0 Å². The molecule has 0 aromatic heterocycles. The summed E-state index contributed by atoms with van der Waals surface area (Å²) in [5, 5.41) is 0. The molecule has 0 aliphatic carbocycles. The summed E-state index contributed by atoms with van der Waals surface area (Å²) in [7, 11) is 0. The molecular weight excluding hydrogens is 115 g/mol. The fraction of sp³-hybridized carbons (Fsp3) is 0.500. The molecule has 0 saturated heterocycles. The van der Waals surface area contributed by atoms with Crippen molar-refractivity contribution in [1.29, 1.82) is 0 Å². The number of carbonyl (C=O) groups is 2. The van der Waals surface area contributed by atoms with Crippen molar-refractivity contribution in [2.75, 3.05) is 0 Å². The maximum atomic E-state index is 10.8. The predicted molar refractivity (Wildman–Crippen MR) is 22.5 cm³/mol. The number of hydrogen-bond donors (Lipinski definition) is 0. The molecule has 0 atom stereocenters. The van der Waals surface area contributed by atoms with Crippen LogP contribution in [0, 0.1) is 0 Å². The fourth-order valence-corrected chi connectivity index (χ4v) is 0.187. The number of carbonyl (C=O) groups excluding carboxylic acids is 2. The van der Waals surface area contributed by atoms with Crippen LogP contribution in [-0.2, 0) is 14.5 Å². The van der Waals surface area contributed by atoms with Gasteiger partial charge in [-0.1, -0.05) is 6.92 Å². The minimum atomic E-state index is -1.42. The lowest BCUT2D eigenvalue weighted by Crippen LogP contribution is -2.11. The van der Waals surface area contributed by atoms with Crippen LogP contribution in [0.4, 0.5) is 4.53 Å². The summed E-state index contributed by atoms with van der Waals surface area (Å²) < 4.78 is 10.8. The molecule has 0 unspecified atom stereocenters. The molecule has 46 valence electrons. The van der Waals surface area contributed by atoms with Gasteiger partial charge < -0.3 is 0 Å². The quantitative estimate of drug-likeness (QED) is 0.495. The zero-order chi connectivity index (χ0) is 6.57. The molecule has 0 aliphatic heterocycles. The highest BCUT2D eigenvalue weighted by Gasteiger charge is 2.11. The average molecular weight is 120 g/mol. The first-order valence-electron chi connectivity index (χ1n) is 2.08. The Kier molecular flexibility index (Phi) is 2.76. The Bertz CT molecular complexity index is 95.9. The van der Waals surface area contributed by atoms with Crippen LogP contribution in [0.3, 0.4) is 0 Å². The molecule has 0 N–H and O–H groups in total. The Labute approximate surface area is 45.3 Å². The molecule has 0 heterocycles. The van der Waals surface area contributed by atoms with Crippen LogP contribution in [0.2, 0.25) is 0 Å². The van der Waals surface area contributed by atoms with Crippen molar-refractivity contribution < 1.29 is 19.1 Å². The standard InChI is InChI=1S/C4H5FO3/c1-2-3(6)4(7)8-5/h2H2,1H3. The van der Waals surface area contributed by atoms with Crippen molar-refractivity contribution in [2.45, 2.75) is 13.3 Å². The molecule has 0 fully saturated rings. The number of rotatable bonds is 2. The van der Waals surface area contributed by atoms with E-state index >= 15 is 0 Å². The van der Waals surface area contributed by atoms with Gasteiger partial charge in [-0.25, -0.2) is 9.74 Å². The van der Waals surface area contributed by atoms with Crippen molar-refractivity contribution in [3.05, 3.63) is 0 Å². The Morgan fingerprint density at radius 1 is 1.62 bits per heavy atom. The van der Waals surface area contributed by atoms with E-state index in [0.717, 1.165) is 0 Å². The van der Waals surface area contributed by atoms with Crippen LogP contribution < -0.4 is 0 Å². The predicted octanol–water partition coefficient (Wildman–Crippen LogP) is 0.393. The zero-order valence-electron chi connectivity index (χ0n) is 4.31. The fourth-order valence-electron chi connectivity index (χ4n) is 0.187. The Balaban J connectivity index is 3.64. The normalized spacial score (nSPS) is 8.25. The lowest BCUT2D eigenvalue weighted by Gasteiger charge is -1.84. The smallest absolute Gasteiger partial charge is 0.287 e. The van der Waals surface area contributed by atoms with Gasteiger partial charge in [-0.2, -0.15) is 0 Å². The Morgan fingerprint density at radius 3 is 2.25 bits per heavy atom. The van der Waals surface area contributed by atoms with Crippen molar-refractivity contribution in [3.8, 4) is 0 Å². The van der Waals surface area contributed by atoms with E-state index in [1.807, 2.05) is 0 Å². The molecule has 0 radical (unpaired) electrons. The van der Waals surface area contributed by atoms with Gasteiger partial charge in [0.2, 0.25) is 5.78 Å². The van der Waals surface area contributed by atoms with Gasteiger partial charge in [-0.05, 0) is 0 Å². The van der Waals surface area contributed by atoms with Gasteiger partial charge in [0.1, 0.15) is 0 Å². The second-order valence-electron chi connectivity index (χ2n) is 1.14. The molecule has 0 saturated carbocycles. The summed E-state index contributed by atoms with van der Waals surface area (Å²) in [6.45, 7) is 1.44. The number of hydrogen-bond acceptors (Lipinski definition) is 3. The first-order valence-corrected chi connectivity index (χ1v) is 2.08. The van der Waals surface area contributed by atoms with E-state index in [9.17, 15) is 14.1 Å². The molecule has 8 heavy (non-hydrogen) atoms. The van der Waals surface area contributed by atoms with Crippen molar-refractivity contribution in [1.82, 2.24) is 0 Å². The Morgan fingerprint density at radius 2 is 2.12 bits per heavy atom. The largest absolute Gasteiger partial charge is 0.414 e. The number of Topliss-reactive ketones (excluding diaryl/α,β-unsaturated/α-hetero) is 1. The molecule has 0 spiro atoms. The summed E-state index contributed by atoms with van der Waals surface area (Å²) in [5.41, 5.74) is 0. The molecule has 4 heteroatoms. The lowest BCUT2D eigenvalue weighted by atomic mass is 10.3. The molecule has 0 rings (SSSR count). The number of ketones is 1. The summed E-state index contributed by atoms with van der Waals surface area (Å²) in [6, 6.07) is 0. The van der Waals surface area contributed by atoms with Gasteiger partial charge in [-0.3, -0.25) is 4.79 Å². The first kappa shape index (κ1) is 7.07. The highest BCUT2D eigenvalue weighted by molar-refractivity contribution is 6.33. The maximum Gasteiger partial charge on any atom is 0.414 e. The Hall–Kier alpha value is -0.930. The van der Waals surface area contributed by atoms with E-state index in [4.69, 9.17) is 0 Å². The summed E-state index contributed by atoms with van der Waals surface area (Å²) in [4.78, 5) is 22.4. The van der Waals surface area contributed by atoms with E-state index in [-0.39, 0.29) is 6.42 Å². The molecule has 3 nitrogen and oxygen atoms in total. The van der Waals surface area contributed by atoms with Crippen LogP contribution in [0.5, 0.6) is 0 Å². The summed E-state index contributed by atoms with van der Waals surface area (Å²) >= 11 is 0. The van der Waals surface area contributed by atoms with Crippen molar-refractivity contribution in [2.24, 2.45) is 0 Å². The SMILES string of the molecule is CCC(=O)C(=O)OF. The molecule has 0 aromatic carbocycles.